The summed E-state index contributed by atoms with van der Waals surface area (Å²) in [7, 11) is 0. The van der Waals surface area contributed by atoms with Crippen molar-refractivity contribution < 1.29 is 28.6 Å². The quantitative estimate of drug-likeness (QED) is 0.436. The van der Waals surface area contributed by atoms with Crippen LogP contribution in [0.15, 0.2) is 48.5 Å². The average Bonchev–Trinajstić information content (AvgIpc) is 3.32. The van der Waals surface area contributed by atoms with Crippen LogP contribution in [0.4, 0.5) is 5.69 Å². The fourth-order valence-electron chi connectivity index (χ4n) is 3.34. The molecule has 2 atom stereocenters. The normalized spacial score (nSPS) is 16.2. The Bertz CT molecular complexity index is 916. The second kappa shape index (κ2) is 11.4. The number of carbonyl (C=O) groups is 3. The number of ether oxygens (including phenoxy) is 3. The molecule has 7 nitrogen and oxygen atoms in total. The van der Waals surface area contributed by atoms with E-state index in [-0.39, 0.29) is 17.8 Å². The Balaban J connectivity index is 1.50. The third-order valence-corrected chi connectivity index (χ3v) is 5.13. The zero-order valence-electron chi connectivity index (χ0n) is 18.5. The number of esters is 1. The minimum atomic E-state index is -0.946. The number of anilines is 1. The molecule has 32 heavy (non-hydrogen) atoms. The third kappa shape index (κ3) is 6.65. The Morgan fingerprint density at radius 1 is 1.06 bits per heavy atom. The summed E-state index contributed by atoms with van der Waals surface area (Å²) < 4.78 is 16.6. The van der Waals surface area contributed by atoms with E-state index < -0.39 is 12.1 Å². The highest BCUT2D eigenvalue weighted by molar-refractivity contribution is 6.02. The molecule has 2 aromatic carbocycles. The van der Waals surface area contributed by atoms with Gasteiger partial charge in [0.1, 0.15) is 12.4 Å². The van der Waals surface area contributed by atoms with E-state index in [4.69, 9.17) is 14.2 Å². The maximum atomic E-state index is 12.6. The van der Waals surface area contributed by atoms with Gasteiger partial charge in [-0.05, 0) is 74.7 Å². The molecule has 0 radical (unpaired) electrons. The van der Waals surface area contributed by atoms with E-state index in [1.165, 1.54) is 6.92 Å². The van der Waals surface area contributed by atoms with Crippen molar-refractivity contribution in [3.63, 3.8) is 0 Å². The zero-order chi connectivity index (χ0) is 22.9. The maximum absolute atomic E-state index is 12.6. The van der Waals surface area contributed by atoms with Crippen LogP contribution < -0.4 is 10.1 Å². The molecule has 0 spiro atoms. The van der Waals surface area contributed by atoms with Crippen molar-refractivity contribution in [2.75, 3.05) is 18.5 Å². The molecule has 0 aliphatic carbocycles. The van der Waals surface area contributed by atoms with Crippen LogP contribution in [0.3, 0.4) is 0 Å². The SMILES string of the molecule is CCCC(=O)Nc1ccc(C(=O)[C@H](C)OC(=O)c2ccc(OC[C@H]3CCCO3)cc2)cc1. The van der Waals surface area contributed by atoms with Gasteiger partial charge in [-0.25, -0.2) is 4.79 Å². The lowest BCUT2D eigenvalue weighted by Crippen LogP contribution is -2.24. The van der Waals surface area contributed by atoms with Gasteiger partial charge in [0.2, 0.25) is 11.7 Å². The van der Waals surface area contributed by atoms with Gasteiger partial charge in [-0.2, -0.15) is 0 Å². The average molecular weight is 440 g/mol. The smallest absolute Gasteiger partial charge is 0.338 e. The van der Waals surface area contributed by atoms with Gasteiger partial charge < -0.3 is 19.5 Å². The summed E-state index contributed by atoms with van der Waals surface area (Å²) in [6.45, 7) is 4.72. The summed E-state index contributed by atoms with van der Waals surface area (Å²) >= 11 is 0. The third-order valence-electron chi connectivity index (χ3n) is 5.13. The highest BCUT2D eigenvalue weighted by atomic mass is 16.5. The number of hydrogen-bond acceptors (Lipinski definition) is 6. The van der Waals surface area contributed by atoms with E-state index in [1.54, 1.807) is 48.5 Å². The summed E-state index contributed by atoms with van der Waals surface area (Å²) in [5, 5.41) is 2.77. The van der Waals surface area contributed by atoms with E-state index in [0.29, 0.717) is 35.6 Å². The standard InChI is InChI=1S/C25H29NO6/c1-3-5-23(27)26-20-11-7-18(8-12-20)24(28)17(2)32-25(29)19-9-13-21(14-10-19)31-16-22-6-4-15-30-22/h7-14,17,22H,3-6,15-16H2,1-2H3,(H,26,27)/t17-,22+/m0/s1. The molecule has 0 unspecified atom stereocenters. The van der Waals surface area contributed by atoms with Gasteiger partial charge in [-0.3, -0.25) is 9.59 Å². The predicted octanol–water partition coefficient (Wildman–Crippen LogP) is 4.41. The van der Waals surface area contributed by atoms with Crippen molar-refractivity contribution in [2.45, 2.75) is 51.7 Å². The van der Waals surface area contributed by atoms with Crippen LogP contribution in [0.5, 0.6) is 5.75 Å². The molecule has 1 fully saturated rings. The molecule has 0 saturated carbocycles. The Kier molecular flexibility index (Phi) is 8.39. The zero-order valence-corrected chi connectivity index (χ0v) is 18.5. The van der Waals surface area contributed by atoms with E-state index in [9.17, 15) is 14.4 Å². The van der Waals surface area contributed by atoms with Gasteiger partial charge in [0.25, 0.3) is 0 Å². The van der Waals surface area contributed by atoms with Crippen LogP contribution in [-0.4, -0.2) is 43.1 Å². The molecule has 7 heteroatoms. The molecule has 0 aromatic heterocycles. The lowest BCUT2D eigenvalue weighted by molar-refractivity contribution is -0.116. The molecule has 1 heterocycles. The number of rotatable bonds is 10. The summed E-state index contributed by atoms with van der Waals surface area (Å²) in [6.07, 6.45) is 2.42. The fraction of sp³-hybridized carbons (Fsp3) is 0.400. The number of amides is 1. The highest BCUT2D eigenvalue weighted by Crippen LogP contribution is 2.18. The molecule has 1 amide bonds. The number of benzene rings is 2. The second-order valence-electron chi connectivity index (χ2n) is 7.76. The van der Waals surface area contributed by atoms with Crippen LogP contribution in [0.25, 0.3) is 0 Å². The molecule has 3 rings (SSSR count). The van der Waals surface area contributed by atoms with Crippen LogP contribution in [0.1, 0.15) is 60.2 Å². The molecule has 170 valence electrons. The van der Waals surface area contributed by atoms with Gasteiger partial charge in [0.05, 0.1) is 11.7 Å². The molecule has 1 N–H and O–H groups in total. The second-order valence-corrected chi connectivity index (χ2v) is 7.76. The molecule has 1 aliphatic rings. The molecule has 1 saturated heterocycles. The highest BCUT2D eigenvalue weighted by Gasteiger charge is 2.21. The topological polar surface area (TPSA) is 90.9 Å². The summed E-state index contributed by atoms with van der Waals surface area (Å²) in [5.41, 5.74) is 1.35. The number of hydrogen-bond donors (Lipinski definition) is 1. The first kappa shape index (κ1) is 23.5. The lowest BCUT2D eigenvalue weighted by Gasteiger charge is -2.14. The van der Waals surface area contributed by atoms with Crippen LogP contribution in [0, 0.1) is 0 Å². The van der Waals surface area contributed by atoms with Gasteiger partial charge in [0.15, 0.2) is 6.10 Å². The van der Waals surface area contributed by atoms with Crippen LogP contribution in [0.2, 0.25) is 0 Å². The summed E-state index contributed by atoms with van der Waals surface area (Å²) in [5.74, 6) is -0.328. The fourth-order valence-corrected chi connectivity index (χ4v) is 3.34. The number of nitrogens with one attached hydrogen (secondary N) is 1. The Hall–Kier alpha value is -3.19. The first-order valence-corrected chi connectivity index (χ1v) is 11.0. The number of carbonyl (C=O) groups excluding carboxylic acids is 3. The van der Waals surface area contributed by atoms with E-state index in [2.05, 4.69) is 5.32 Å². The predicted molar refractivity (Wildman–Crippen MR) is 120 cm³/mol. The summed E-state index contributed by atoms with van der Waals surface area (Å²) in [4.78, 5) is 36.7. The minimum absolute atomic E-state index is 0.0721. The van der Waals surface area contributed by atoms with Crippen molar-refractivity contribution in [3.8, 4) is 5.75 Å². The monoisotopic (exact) mass is 439 g/mol. The molecule has 1 aliphatic heterocycles. The molecule has 0 bridgehead atoms. The van der Waals surface area contributed by atoms with Crippen molar-refractivity contribution in [1.82, 2.24) is 0 Å². The Morgan fingerprint density at radius 2 is 1.75 bits per heavy atom. The van der Waals surface area contributed by atoms with Crippen molar-refractivity contribution >= 4 is 23.3 Å². The number of ketones is 1. The van der Waals surface area contributed by atoms with Crippen molar-refractivity contribution in [2.24, 2.45) is 0 Å². The van der Waals surface area contributed by atoms with Gasteiger partial charge in [-0.1, -0.05) is 6.92 Å². The lowest BCUT2D eigenvalue weighted by atomic mass is 10.1. The van der Waals surface area contributed by atoms with Gasteiger partial charge >= 0.3 is 5.97 Å². The minimum Gasteiger partial charge on any atom is -0.491 e. The van der Waals surface area contributed by atoms with Crippen LogP contribution in [-0.2, 0) is 14.3 Å². The van der Waals surface area contributed by atoms with Gasteiger partial charge in [-0.15, -0.1) is 0 Å². The first-order chi connectivity index (χ1) is 15.5. The Labute approximate surface area is 188 Å². The maximum Gasteiger partial charge on any atom is 0.338 e. The molecular weight excluding hydrogens is 410 g/mol. The largest absolute Gasteiger partial charge is 0.491 e. The number of Topliss-reactive ketones (excluding diaryl/α,β-unsaturated/α-hetero) is 1. The van der Waals surface area contributed by atoms with E-state index >= 15 is 0 Å². The summed E-state index contributed by atoms with van der Waals surface area (Å²) in [6, 6.07) is 13.1. The van der Waals surface area contributed by atoms with Crippen molar-refractivity contribution in [3.05, 3.63) is 59.7 Å². The van der Waals surface area contributed by atoms with E-state index in [0.717, 1.165) is 25.9 Å². The van der Waals surface area contributed by atoms with E-state index in [1.807, 2.05) is 6.92 Å². The first-order valence-electron chi connectivity index (χ1n) is 11.0. The van der Waals surface area contributed by atoms with Gasteiger partial charge in [0, 0.05) is 24.3 Å². The van der Waals surface area contributed by atoms with Crippen molar-refractivity contribution in [1.29, 1.82) is 0 Å². The Morgan fingerprint density at radius 3 is 2.38 bits per heavy atom. The molecular formula is C25H29NO6. The molecule has 2 aromatic rings. The van der Waals surface area contributed by atoms with Crippen LogP contribution >= 0.6 is 0 Å².